The molecule has 0 aromatic carbocycles. The van der Waals surface area contributed by atoms with Crippen LogP contribution in [0, 0.1) is 5.92 Å². The van der Waals surface area contributed by atoms with Gasteiger partial charge in [-0.15, -0.1) is 0 Å². The molecule has 0 fully saturated rings. The van der Waals surface area contributed by atoms with E-state index in [1.165, 1.54) is 6.92 Å². The van der Waals surface area contributed by atoms with Crippen molar-refractivity contribution in [1.29, 1.82) is 0 Å². The van der Waals surface area contributed by atoms with Crippen LogP contribution >= 0.6 is 0 Å². The summed E-state index contributed by atoms with van der Waals surface area (Å²) in [7, 11) is 0. The maximum absolute atomic E-state index is 12.7. The topological polar surface area (TPSA) is 214 Å². The first-order valence-electron chi connectivity index (χ1n) is 10.2. The van der Waals surface area contributed by atoms with E-state index in [1.807, 2.05) is 13.8 Å². The molecule has 0 bridgehead atoms. The van der Waals surface area contributed by atoms with Crippen LogP contribution in [0.2, 0.25) is 0 Å². The van der Waals surface area contributed by atoms with E-state index < -0.39 is 60.2 Å². The first-order chi connectivity index (χ1) is 14.4. The van der Waals surface area contributed by atoms with Gasteiger partial charge >= 0.3 is 11.9 Å². The predicted octanol–water partition coefficient (Wildman–Crippen LogP) is -1.48. The quantitative estimate of drug-likeness (QED) is 0.146. The van der Waals surface area contributed by atoms with Crippen molar-refractivity contribution in [3.63, 3.8) is 0 Å². The molecule has 0 aliphatic heterocycles. The van der Waals surface area contributed by atoms with Crippen LogP contribution in [-0.2, 0) is 24.0 Å². The maximum Gasteiger partial charge on any atom is 0.326 e. The van der Waals surface area contributed by atoms with Gasteiger partial charge in [-0.2, -0.15) is 0 Å². The standard InChI is InChI=1S/C19H35N5O7/c1-10(2)8-14(19(30)31)24-18(29)13(6-4-5-7-20)23-16(27)11(3)22-17(28)12(21)9-15(25)26/h10-14H,4-9,20-21H2,1-3H3,(H,22,28)(H,23,27)(H,24,29)(H,25,26)(H,30,31). The monoisotopic (exact) mass is 445 g/mol. The Hall–Kier alpha value is -2.73. The molecule has 12 heteroatoms. The minimum atomic E-state index is -1.33. The largest absolute Gasteiger partial charge is 0.481 e. The molecule has 9 N–H and O–H groups in total. The van der Waals surface area contributed by atoms with Crippen molar-refractivity contribution in [1.82, 2.24) is 16.0 Å². The summed E-state index contributed by atoms with van der Waals surface area (Å²) < 4.78 is 0. The molecule has 12 nitrogen and oxygen atoms in total. The number of carbonyl (C=O) groups is 5. The number of carboxylic acid groups (broad SMARTS) is 2. The van der Waals surface area contributed by atoms with Crippen LogP contribution in [0.5, 0.6) is 0 Å². The lowest BCUT2D eigenvalue weighted by Gasteiger charge is -2.24. The Labute approximate surface area is 181 Å². The molecule has 0 radical (unpaired) electrons. The summed E-state index contributed by atoms with van der Waals surface area (Å²) in [4.78, 5) is 59.1. The number of unbranched alkanes of at least 4 members (excludes halogenated alkanes) is 1. The van der Waals surface area contributed by atoms with Gasteiger partial charge in [-0.1, -0.05) is 13.8 Å². The fourth-order valence-electron chi connectivity index (χ4n) is 2.69. The third kappa shape index (κ3) is 11.9. The number of hydrogen-bond donors (Lipinski definition) is 7. The zero-order valence-electron chi connectivity index (χ0n) is 18.2. The molecule has 0 aliphatic carbocycles. The Kier molecular flexibility index (Phi) is 13.0. The van der Waals surface area contributed by atoms with Gasteiger partial charge in [0.1, 0.15) is 18.1 Å². The molecule has 0 heterocycles. The van der Waals surface area contributed by atoms with E-state index in [1.54, 1.807) is 0 Å². The van der Waals surface area contributed by atoms with Crippen LogP contribution in [0.3, 0.4) is 0 Å². The van der Waals surface area contributed by atoms with Crippen molar-refractivity contribution in [2.45, 2.75) is 77.0 Å². The van der Waals surface area contributed by atoms with Crippen molar-refractivity contribution in [2.75, 3.05) is 6.54 Å². The summed E-state index contributed by atoms with van der Waals surface area (Å²) in [5.74, 6) is -4.58. The average molecular weight is 446 g/mol. The molecule has 0 aromatic heterocycles. The molecule has 0 aromatic rings. The van der Waals surface area contributed by atoms with E-state index in [0.717, 1.165) is 0 Å². The number of carbonyl (C=O) groups excluding carboxylic acids is 3. The third-order valence-electron chi connectivity index (χ3n) is 4.38. The molecule has 0 aliphatic rings. The van der Waals surface area contributed by atoms with Crippen molar-refractivity contribution < 1.29 is 34.2 Å². The van der Waals surface area contributed by atoms with Gasteiger partial charge in [0.25, 0.3) is 0 Å². The molecule has 178 valence electrons. The number of carboxylic acids is 2. The summed E-state index contributed by atoms with van der Waals surface area (Å²) in [6.07, 6.45) is 0.961. The maximum atomic E-state index is 12.7. The van der Waals surface area contributed by atoms with Gasteiger partial charge in [0.05, 0.1) is 12.5 Å². The first-order valence-corrected chi connectivity index (χ1v) is 10.2. The Morgan fingerprint density at radius 1 is 0.839 bits per heavy atom. The van der Waals surface area contributed by atoms with Gasteiger partial charge in [0.15, 0.2) is 0 Å². The zero-order chi connectivity index (χ0) is 24.1. The summed E-state index contributed by atoms with van der Waals surface area (Å²) in [5, 5.41) is 25.3. The average Bonchev–Trinajstić information content (AvgIpc) is 2.65. The smallest absolute Gasteiger partial charge is 0.326 e. The summed E-state index contributed by atoms with van der Waals surface area (Å²) in [5.41, 5.74) is 10.9. The van der Waals surface area contributed by atoms with E-state index in [-0.39, 0.29) is 18.8 Å². The lowest BCUT2D eigenvalue weighted by Crippen LogP contribution is -2.56. The van der Waals surface area contributed by atoms with Gasteiger partial charge in [-0.3, -0.25) is 19.2 Å². The Morgan fingerprint density at radius 3 is 1.90 bits per heavy atom. The SMILES string of the molecule is CC(C)CC(NC(=O)C(CCCCN)NC(=O)C(C)NC(=O)C(N)CC(=O)O)C(=O)O. The van der Waals surface area contributed by atoms with Crippen LogP contribution in [0.15, 0.2) is 0 Å². The Balaban J connectivity index is 5.12. The summed E-state index contributed by atoms with van der Waals surface area (Å²) >= 11 is 0. The summed E-state index contributed by atoms with van der Waals surface area (Å²) in [6, 6.07) is -4.56. The van der Waals surface area contributed by atoms with Gasteiger partial charge in [-0.25, -0.2) is 4.79 Å². The molecule has 4 unspecified atom stereocenters. The van der Waals surface area contributed by atoms with Crippen molar-refractivity contribution >= 4 is 29.7 Å². The molecular weight excluding hydrogens is 410 g/mol. The number of amides is 3. The second-order valence-corrected chi connectivity index (χ2v) is 7.81. The highest BCUT2D eigenvalue weighted by Crippen LogP contribution is 2.07. The van der Waals surface area contributed by atoms with E-state index in [4.69, 9.17) is 16.6 Å². The van der Waals surface area contributed by atoms with Crippen molar-refractivity contribution in [3.05, 3.63) is 0 Å². The van der Waals surface area contributed by atoms with Crippen LogP contribution in [0.1, 0.15) is 52.9 Å². The predicted molar refractivity (Wildman–Crippen MR) is 112 cm³/mol. The number of rotatable bonds is 15. The minimum Gasteiger partial charge on any atom is -0.481 e. The van der Waals surface area contributed by atoms with Crippen LogP contribution < -0.4 is 27.4 Å². The van der Waals surface area contributed by atoms with Crippen LogP contribution in [-0.4, -0.2) is 70.6 Å². The van der Waals surface area contributed by atoms with Gasteiger partial charge in [0, 0.05) is 0 Å². The van der Waals surface area contributed by atoms with E-state index in [9.17, 15) is 29.1 Å². The lowest BCUT2D eigenvalue weighted by atomic mass is 10.0. The molecule has 0 rings (SSSR count). The fraction of sp³-hybridized carbons (Fsp3) is 0.737. The number of aliphatic carboxylic acids is 2. The number of nitrogens with two attached hydrogens (primary N) is 2. The van der Waals surface area contributed by atoms with Crippen LogP contribution in [0.25, 0.3) is 0 Å². The highest BCUT2D eigenvalue weighted by atomic mass is 16.4. The Morgan fingerprint density at radius 2 is 1.42 bits per heavy atom. The zero-order valence-corrected chi connectivity index (χ0v) is 18.2. The second-order valence-electron chi connectivity index (χ2n) is 7.81. The van der Waals surface area contributed by atoms with E-state index in [0.29, 0.717) is 19.4 Å². The third-order valence-corrected chi connectivity index (χ3v) is 4.38. The van der Waals surface area contributed by atoms with Crippen molar-refractivity contribution in [2.24, 2.45) is 17.4 Å². The highest BCUT2D eigenvalue weighted by molar-refractivity contribution is 5.94. The molecule has 0 saturated heterocycles. The lowest BCUT2D eigenvalue weighted by molar-refractivity contribution is -0.142. The molecule has 4 atom stereocenters. The van der Waals surface area contributed by atoms with E-state index in [2.05, 4.69) is 16.0 Å². The minimum absolute atomic E-state index is 0.0249. The Bertz CT molecular complexity index is 641. The van der Waals surface area contributed by atoms with E-state index >= 15 is 0 Å². The fourth-order valence-corrected chi connectivity index (χ4v) is 2.69. The normalized spacial score (nSPS) is 14.8. The van der Waals surface area contributed by atoms with Gasteiger partial charge < -0.3 is 37.6 Å². The molecular formula is C19H35N5O7. The van der Waals surface area contributed by atoms with Gasteiger partial charge in [0.2, 0.25) is 17.7 Å². The first kappa shape index (κ1) is 28.3. The molecule has 0 spiro atoms. The van der Waals surface area contributed by atoms with Crippen molar-refractivity contribution in [3.8, 4) is 0 Å². The highest BCUT2D eigenvalue weighted by Gasteiger charge is 2.29. The summed E-state index contributed by atoms with van der Waals surface area (Å²) in [6.45, 7) is 5.39. The number of nitrogens with one attached hydrogen (secondary N) is 3. The molecule has 31 heavy (non-hydrogen) atoms. The molecule has 3 amide bonds. The molecule has 0 saturated carbocycles. The second kappa shape index (κ2) is 14.3. The van der Waals surface area contributed by atoms with Crippen LogP contribution in [0.4, 0.5) is 0 Å². The van der Waals surface area contributed by atoms with Gasteiger partial charge in [-0.05, 0) is 45.1 Å². The number of hydrogen-bond acceptors (Lipinski definition) is 7.